The van der Waals surface area contributed by atoms with Gasteiger partial charge in [-0.25, -0.2) is 4.98 Å². The van der Waals surface area contributed by atoms with Crippen molar-refractivity contribution in [2.24, 2.45) is 0 Å². The molecule has 136 valence electrons. The minimum atomic E-state index is -0.150. The molecule has 0 unspecified atom stereocenters. The lowest BCUT2D eigenvalue weighted by Gasteiger charge is -2.11. The minimum absolute atomic E-state index is 0.0343. The van der Waals surface area contributed by atoms with Crippen LogP contribution in [0.3, 0.4) is 0 Å². The fourth-order valence-electron chi connectivity index (χ4n) is 2.75. The molecule has 0 aliphatic carbocycles. The van der Waals surface area contributed by atoms with Gasteiger partial charge in [-0.1, -0.05) is 18.2 Å². The van der Waals surface area contributed by atoms with Crippen molar-refractivity contribution in [1.82, 2.24) is 14.9 Å². The van der Waals surface area contributed by atoms with E-state index in [-0.39, 0.29) is 12.5 Å². The Bertz CT molecular complexity index is 889. The van der Waals surface area contributed by atoms with Crippen LogP contribution >= 0.6 is 0 Å². The van der Waals surface area contributed by atoms with Gasteiger partial charge in [0.1, 0.15) is 0 Å². The van der Waals surface area contributed by atoms with E-state index in [0.29, 0.717) is 18.0 Å². The molecule has 0 fully saturated rings. The van der Waals surface area contributed by atoms with Crippen LogP contribution in [-0.2, 0) is 11.3 Å². The number of para-hydroxylation sites is 2. The molecule has 0 saturated carbocycles. The van der Waals surface area contributed by atoms with Crippen LogP contribution < -0.4 is 14.8 Å². The number of rotatable bonds is 8. The molecular formula is C20H23N3O3. The van der Waals surface area contributed by atoms with Crippen LogP contribution in [-0.4, -0.2) is 35.7 Å². The molecule has 3 aromatic rings. The van der Waals surface area contributed by atoms with E-state index in [1.807, 2.05) is 55.7 Å². The molecule has 26 heavy (non-hydrogen) atoms. The standard InChI is InChI=1S/C20H23N3O3/c1-15-8-9-18(19(12-15)25-2)26-13-20(24)21-10-5-11-23-14-22-16-6-3-4-7-17(16)23/h3-4,6-9,12,14H,5,10-11,13H2,1-2H3,(H,21,24). The molecule has 0 spiro atoms. The number of nitrogens with zero attached hydrogens (tertiary/aromatic N) is 2. The molecule has 0 bridgehead atoms. The van der Waals surface area contributed by atoms with Crippen molar-refractivity contribution in [3.8, 4) is 11.5 Å². The van der Waals surface area contributed by atoms with Gasteiger partial charge in [0.05, 0.1) is 24.5 Å². The second kappa shape index (κ2) is 8.38. The number of carbonyl (C=O) groups is 1. The van der Waals surface area contributed by atoms with Crippen molar-refractivity contribution < 1.29 is 14.3 Å². The number of aryl methyl sites for hydroxylation is 2. The number of ether oxygens (including phenoxy) is 2. The van der Waals surface area contributed by atoms with E-state index in [9.17, 15) is 4.79 Å². The fraction of sp³-hybridized carbons (Fsp3) is 0.300. The summed E-state index contributed by atoms with van der Waals surface area (Å²) in [5.74, 6) is 1.05. The first-order chi connectivity index (χ1) is 12.7. The van der Waals surface area contributed by atoms with Crippen molar-refractivity contribution in [1.29, 1.82) is 0 Å². The topological polar surface area (TPSA) is 65.4 Å². The van der Waals surface area contributed by atoms with Gasteiger partial charge in [-0.3, -0.25) is 4.79 Å². The third-order valence-electron chi connectivity index (χ3n) is 4.10. The normalized spacial score (nSPS) is 10.7. The van der Waals surface area contributed by atoms with E-state index in [1.165, 1.54) is 0 Å². The first kappa shape index (κ1) is 17.8. The van der Waals surface area contributed by atoms with Crippen molar-refractivity contribution in [3.63, 3.8) is 0 Å². The largest absolute Gasteiger partial charge is 0.493 e. The Hall–Kier alpha value is -3.02. The number of aromatic nitrogens is 2. The summed E-state index contributed by atoms with van der Waals surface area (Å²) in [6.45, 7) is 3.32. The van der Waals surface area contributed by atoms with Gasteiger partial charge in [0, 0.05) is 13.1 Å². The number of methoxy groups -OCH3 is 1. The van der Waals surface area contributed by atoms with Gasteiger partial charge in [-0.15, -0.1) is 0 Å². The molecule has 0 radical (unpaired) electrons. The molecule has 0 aliphatic heterocycles. The van der Waals surface area contributed by atoms with Gasteiger partial charge in [-0.2, -0.15) is 0 Å². The molecule has 1 heterocycles. The Morgan fingerprint density at radius 1 is 1.19 bits per heavy atom. The monoisotopic (exact) mass is 353 g/mol. The number of carbonyl (C=O) groups excluding carboxylic acids is 1. The maximum atomic E-state index is 12.0. The van der Waals surface area contributed by atoms with Crippen LogP contribution in [0.5, 0.6) is 11.5 Å². The summed E-state index contributed by atoms with van der Waals surface area (Å²) in [7, 11) is 1.58. The first-order valence-electron chi connectivity index (χ1n) is 8.61. The lowest BCUT2D eigenvalue weighted by molar-refractivity contribution is -0.123. The summed E-state index contributed by atoms with van der Waals surface area (Å²) in [5, 5.41) is 2.87. The number of fused-ring (bicyclic) bond motifs is 1. The lowest BCUT2D eigenvalue weighted by Crippen LogP contribution is -2.30. The van der Waals surface area contributed by atoms with Gasteiger partial charge in [0.25, 0.3) is 5.91 Å². The average Bonchev–Trinajstić information content (AvgIpc) is 3.07. The Morgan fingerprint density at radius 3 is 2.88 bits per heavy atom. The number of amides is 1. The van der Waals surface area contributed by atoms with E-state index >= 15 is 0 Å². The lowest BCUT2D eigenvalue weighted by atomic mass is 10.2. The molecule has 1 amide bonds. The number of benzene rings is 2. The van der Waals surface area contributed by atoms with Gasteiger partial charge < -0.3 is 19.4 Å². The third-order valence-corrected chi connectivity index (χ3v) is 4.10. The maximum absolute atomic E-state index is 12.0. The number of hydrogen-bond acceptors (Lipinski definition) is 4. The van der Waals surface area contributed by atoms with Crippen LogP contribution in [0, 0.1) is 6.92 Å². The highest BCUT2D eigenvalue weighted by molar-refractivity contribution is 5.77. The van der Waals surface area contributed by atoms with Crippen molar-refractivity contribution in [2.45, 2.75) is 19.9 Å². The predicted octanol–water partition coefficient (Wildman–Crippen LogP) is 2.94. The molecule has 2 aromatic carbocycles. The van der Waals surface area contributed by atoms with E-state index in [2.05, 4.69) is 14.9 Å². The van der Waals surface area contributed by atoms with Crippen molar-refractivity contribution in [2.75, 3.05) is 20.3 Å². The van der Waals surface area contributed by atoms with Crippen molar-refractivity contribution in [3.05, 3.63) is 54.4 Å². The van der Waals surface area contributed by atoms with Gasteiger partial charge in [0.2, 0.25) is 0 Å². The Labute approximate surface area is 152 Å². The highest BCUT2D eigenvalue weighted by atomic mass is 16.5. The fourth-order valence-corrected chi connectivity index (χ4v) is 2.75. The molecule has 6 heteroatoms. The summed E-state index contributed by atoms with van der Waals surface area (Å²) < 4.78 is 12.9. The third kappa shape index (κ3) is 4.33. The summed E-state index contributed by atoms with van der Waals surface area (Å²) in [5.41, 5.74) is 3.16. The van der Waals surface area contributed by atoms with E-state index in [4.69, 9.17) is 9.47 Å². The summed E-state index contributed by atoms with van der Waals surface area (Å²) in [6, 6.07) is 13.6. The van der Waals surface area contributed by atoms with E-state index < -0.39 is 0 Å². The Kier molecular flexibility index (Phi) is 5.73. The molecule has 0 aliphatic rings. The molecular weight excluding hydrogens is 330 g/mol. The van der Waals surface area contributed by atoms with E-state index in [1.54, 1.807) is 7.11 Å². The summed E-state index contributed by atoms with van der Waals surface area (Å²) in [4.78, 5) is 16.3. The maximum Gasteiger partial charge on any atom is 0.257 e. The SMILES string of the molecule is COc1cc(C)ccc1OCC(=O)NCCCn1cnc2ccccc21. The van der Waals surface area contributed by atoms with Gasteiger partial charge >= 0.3 is 0 Å². The van der Waals surface area contributed by atoms with Crippen LogP contribution in [0.4, 0.5) is 0 Å². The number of nitrogens with one attached hydrogen (secondary N) is 1. The molecule has 0 saturated heterocycles. The quantitative estimate of drug-likeness (QED) is 0.633. The molecule has 0 atom stereocenters. The minimum Gasteiger partial charge on any atom is -0.493 e. The smallest absolute Gasteiger partial charge is 0.257 e. The van der Waals surface area contributed by atoms with Gasteiger partial charge in [-0.05, 0) is 43.2 Å². The van der Waals surface area contributed by atoms with Crippen LogP contribution in [0.1, 0.15) is 12.0 Å². The summed E-state index contributed by atoms with van der Waals surface area (Å²) in [6.07, 6.45) is 2.65. The Balaban J connectivity index is 1.42. The highest BCUT2D eigenvalue weighted by Crippen LogP contribution is 2.27. The van der Waals surface area contributed by atoms with Crippen LogP contribution in [0.15, 0.2) is 48.8 Å². The Morgan fingerprint density at radius 2 is 2.04 bits per heavy atom. The van der Waals surface area contributed by atoms with Crippen molar-refractivity contribution >= 4 is 16.9 Å². The predicted molar refractivity (Wildman–Crippen MR) is 101 cm³/mol. The van der Waals surface area contributed by atoms with Crippen LogP contribution in [0.2, 0.25) is 0 Å². The molecule has 1 N–H and O–H groups in total. The number of hydrogen-bond donors (Lipinski definition) is 1. The van der Waals surface area contributed by atoms with Crippen LogP contribution in [0.25, 0.3) is 11.0 Å². The first-order valence-corrected chi connectivity index (χ1v) is 8.61. The number of imidazole rings is 1. The molecule has 6 nitrogen and oxygen atoms in total. The van der Waals surface area contributed by atoms with E-state index in [0.717, 1.165) is 29.6 Å². The van der Waals surface area contributed by atoms with Gasteiger partial charge in [0.15, 0.2) is 18.1 Å². The zero-order chi connectivity index (χ0) is 18.4. The molecule has 1 aromatic heterocycles. The zero-order valence-corrected chi connectivity index (χ0v) is 15.1. The highest BCUT2D eigenvalue weighted by Gasteiger charge is 2.08. The zero-order valence-electron chi connectivity index (χ0n) is 15.1. The summed E-state index contributed by atoms with van der Waals surface area (Å²) >= 11 is 0. The second-order valence-corrected chi connectivity index (χ2v) is 6.07. The second-order valence-electron chi connectivity index (χ2n) is 6.07. The molecule has 3 rings (SSSR count). The average molecular weight is 353 g/mol.